The van der Waals surface area contributed by atoms with E-state index in [1.807, 2.05) is 0 Å². The second-order valence-corrected chi connectivity index (χ2v) is 3.01. The lowest BCUT2D eigenvalue weighted by molar-refractivity contribution is -0.253. The quantitative estimate of drug-likeness (QED) is 0.578. The largest absolute Gasteiger partial charge is 0.461 e. The van der Waals surface area contributed by atoms with E-state index in [1.165, 1.54) is 12.1 Å². The SMILES string of the molecule is FC(F)C(F)(F)Oc1cccc(CCl)c1. The Balaban J connectivity index is 2.80. The van der Waals surface area contributed by atoms with E-state index < -0.39 is 12.5 Å². The first-order valence-electron chi connectivity index (χ1n) is 3.95. The van der Waals surface area contributed by atoms with Gasteiger partial charge in [-0.1, -0.05) is 12.1 Å². The second-order valence-electron chi connectivity index (χ2n) is 2.75. The van der Waals surface area contributed by atoms with Crippen LogP contribution < -0.4 is 4.74 Å². The van der Waals surface area contributed by atoms with Gasteiger partial charge in [0.1, 0.15) is 5.75 Å². The Bertz CT molecular complexity index is 330. The monoisotopic (exact) mass is 242 g/mol. The molecule has 15 heavy (non-hydrogen) atoms. The maximum atomic E-state index is 12.5. The maximum Gasteiger partial charge on any atom is 0.461 e. The van der Waals surface area contributed by atoms with E-state index in [0.717, 1.165) is 6.07 Å². The zero-order valence-corrected chi connectivity index (χ0v) is 8.15. The van der Waals surface area contributed by atoms with Crippen LogP contribution in [0.25, 0.3) is 0 Å². The van der Waals surface area contributed by atoms with E-state index in [1.54, 1.807) is 6.07 Å². The van der Waals surface area contributed by atoms with Gasteiger partial charge < -0.3 is 4.74 Å². The third kappa shape index (κ3) is 3.27. The van der Waals surface area contributed by atoms with Crippen molar-refractivity contribution in [3.8, 4) is 5.75 Å². The lowest BCUT2D eigenvalue weighted by atomic mass is 10.2. The highest BCUT2D eigenvalue weighted by Crippen LogP contribution is 2.27. The van der Waals surface area contributed by atoms with Crippen LogP contribution in [-0.4, -0.2) is 12.5 Å². The van der Waals surface area contributed by atoms with Crippen molar-refractivity contribution in [3.05, 3.63) is 29.8 Å². The summed E-state index contributed by atoms with van der Waals surface area (Å²) in [4.78, 5) is 0. The van der Waals surface area contributed by atoms with E-state index in [9.17, 15) is 17.6 Å². The maximum absolute atomic E-state index is 12.5. The molecule has 0 aromatic heterocycles. The fraction of sp³-hybridized carbons (Fsp3) is 0.333. The molecule has 0 unspecified atom stereocenters. The number of hydrogen-bond acceptors (Lipinski definition) is 1. The molecule has 0 N–H and O–H groups in total. The third-order valence-corrected chi connectivity index (χ3v) is 1.87. The van der Waals surface area contributed by atoms with Gasteiger partial charge in [-0.25, -0.2) is 0 Å². The molecule has 6 heteroatoms. The van der Waals surface area contributed by atoms with Crippen LogP contribution in [0.5, 0.6) is 5.75 Å². The Hall–Kier alpha value is -0.970. The predicted octanol–water partition coefficient (Wildman–Crippen LogP) is 3.66. The first-order chi connectivity index (χ1) is 6.95. The summed E-state index contributed by atoms with van der Waals surface area (Å²) in [6.45, 7) is 0. The van der Waals surface area contributed by atoms with Crippen LogP contribution in [0, 0.1) is 0 Å². The van der Waals surface area contributed by atoms with Gasteiger partial charge in [0.2, 0.25) is 0 Å². The summed E-state index contributed by atoms with van der Waals surface area (Å²) in [5.74, 6) is -0.240. The molecule has 0 aliphatic rings. The van der Waals surface area contributed by atoms with E-state index in [2.05, 4.69) is 4.74 Å². The van der Waals surface area contributed by atoms with Crippen molar-refractivity contribution < 1.29 is 22.3 Å². The zero-order chi connectivity index (χ0) is 11.5. The number of halogens is 5. The molecule has 0 spiro atoms. The minimum absolute atomic E-state index is 0.0947. The average molecular weight is 243 g/mol. The van der Waals surface area contributed by atoms with E-state index in [0.29, 0.717) is 5.56 Å². The standard InChI is InChI=1S/C9H7ClF4O/c10-5-6-2-1-3-7(4-6)15-9(13,14)8(11)12/h1-4,8H,5H2. The number of benzene rings is 1. The van der Waals surface area contributed by atoms with Gasteiger partial charge in [-0.15, -0.1) is 11.6 Å². The van der Waals surface area contributed by atoms with Gasteiger partial charge in [0.25, 0.3) is 0 Å². The van der Waals surface area contributed by atoms with Crippen LogP contribution in [0.3, 0.4) is 0 Å². The summed E-state index contributed by atoms with van der Waals surface area (Å²) >= 11 is 5.44. The normalized spacial score (nSPS) is 11.9. The summed E-state index contributed by atoms with van der Waals surface area (Å²) in [6.07, 6.45) is -8.34. The fourth-order valence-corrected chi connectivity index (χ4v) is 1.06. The number of rotatable bonds is 4. The molecule has 1 rings (SSSR count). The molecule has 0 aliphatic heterocycles. The molecule has 0 amide bonds. The molecule has 1 aromatic rings. The predicted molar refractivity (Wildman–Crippen MR) is 47.6 cm³/mol. The highest BCUT2D eigenvalue weighted by Gasteiger charge is 2.43. The number of alkyl halides is 5. The number of ether oxygens (including phenoxy) is 1. The molecule has 0 heterocycles. The third-order valence-electron chi connectivity index (χ3n) is 1.56. The summed E-state index contributed by atoms with van der Waals surface area (Å²) in [5, 5.41) is 0. The molecule has 0 radical (unpaired) electrons. The Labute approximate surface area is 88.6 Å². The first kappa shape index (κ1) is 12.1. The van der Waals surface area contributed by atoms with Crippen LogP contribution >= 0.6 is 11.6 Å². The minimum atomic E-state index is -4.48. The minimum Gasteiger partial charge on any atom is -0.428 e. The Kier molecular flexibility index (Phi) is 3.79. The van der Waals surface area contributed by atoms with Crippen molar-refractivity contribution in [2.45, 2.75) is 18.4 Å². The van der Waals surface area contributed by atoms with Crippen molar-refractivity contribution in [1.29, 1.82) is 0 Å². The van der Waals surface area contributed by atoms with Crippen molar-refractivity contribution in [1.82, 2.24) is 0 Å². The molecule has 0 saturated heterocycles. The lowest BCUT2D eigenvalue weighted by Crippen LogP contribution is -2.33. The van der Waals surface area contributed by atoms with Gasteiger partial charge in [-0.05, 0) is 17.7 Å². The summed E-state index contributed by atoms with van der Waals surface area (Å²) in [7, 11) is 0. The molecule has 0 fully saturated rings. The Morgan fingerprint density at radius 1 is 1.33 bits per heavy atom. The number of hydrogen-bond donors (Lipinski definition) is 0. The molecule has 0 bridgehead atoms. The highest BCUT2D eigenvalue weighted by molar-refractivity contribution is 6.17. The fourth-order valence-electron chi connectivity index (χ4n) is 0.894. The molecule has 1 aromatic carbocycles. The van der Waals surface area contributed by atoms with E-state index in [-0.39, 0.29) is 11.6 Å². The van der Waals surface area contributed by atoms with Crippen molar-refractivity contribution in [2.75, 3.05) is 0 Å². The molecule has 0 aliphatic carbocycles. The van der Waals surface area contributed by atoms with Gasteiger partial charge in [-0.2, -0.15) is 17.6 Å². The Morgan fingerprint density at radius 2 is 2.00 bits per heavy atom. The lowest BCUT2D eigenvalue weighted by Gasteiger charge is -2.16. The van der Waals surface area contributed by atoms with Crippen LogP contribution in [0.2, 0.25) is 0 Å². The van der Waals surface area contributed by atoms with Crippen LogP contribution in [0.15, 0.2) is 24.3 Å². The molecule has 0 saturated carbocycles. The topological polar surface area (TPSA) is 9.23 Å². The summed E-state index contributed by atoms with van der Waals surface area (Å²) in [6, 6.07) is 5.31. The van der Waals surface area contributed by atoms with Crippen molar-refractivity contribution in [2.24, 2.45) is 0 Å². The van der Waals surface area contributed by atoms with Gasteiger partial charge >= 0.3 is 12.5 Å². The van der Waals surface area contributed by atoms with Gasteiger partial charge in [0.15, 0.2) is 0 Å². The van der Waals surface area contributed by atoms with Crippen LogP contribution in [-0.2, 0) is 5.88 Å². The van der Waals surface area contributed by atoms with Crippen LogP contribution in [0.1, 0.15) is 5.56 Å². The Morgan fingerprint density at radius 3 is 2.53 bits per heavy atom. The molecule has 0 atom stereocenters. The molecular formula is C9H7ClF4O. The smallest absolute Gasteiger partial charge is 0.428 e. The highest BCUT2D eigenvalue weighted by atomic mass is 35.5. The molecule has 84 valence electrons. The van der Waals surface area contributed by atoms with Crippen molar-refractivity contribution >= 4 is 11.6 Å². The summed E-state index contributed by atoms with van der Waals surface area (Å²) in [5.41, 5.74) is 0.513. The van der Waals surface area contributed by atoms with E-state index in [4.69, 9.17) is 11.6 Å². The van der Waals surface area contributed by atoms with Gasteiger partial charge in [0.05, 0.1) is 0 Å². The van der Waals surface area contributed by atoms with Crippen LogP contribution in [0.4, 0.5) is 17.6 Å². The molecular weight excluding hydrogens is 236 g/mol. The van der Waals surface area contributed by atoms with Gasteiger partial charge in [0, 0.05) is 5.88 Å². The average Bonchev–Trinajstić information content (AvgIpc) is 2.17. The van der Waals surface area contributed by atoms with E-state index >= 15 is 0 Å². The summed E-state index contributed by atoms with van der Waals surface area (Å²) < 4.78 is 52.3. The molecule has 1 nitrogen and oxygen atoms in total. The second kappa shape index (κ2) is 4.70. The van der Waals surface area contributed by atoms with Gasteiger partial charge in [-0.3, -0.25) is 0 Å². The van der Waals surface area contributed by atoms with Crippen molar-refractivity contribution in [3.63, 3.8) is 0 Å². The zero-order valence-electron chi connectivity index (χ0n) is 7.39. The first-order valence-corrected chi connectivity index (χ1v) is 4.49.